The maximum Gasteiger partial charge on any atom is 0.350 e. The predicted octanol–water partition coefficient (Wildman–Crippen LogP) is 0.118. The van der Waals surface area contributed by atoms with Gasteiger partial charge in [-0.3, -0.25) is 0 Å². The van der Waals surface area contributed by atoms with Crippen LogP contribution in [-0.4, -0.2) is 75.3 Å². The topological polar surface area (TPSA) is 192 Å². The standard InChI is InChI=1S/C19H21ClN2O9S/c1-30-16(26)14-10(22-18(21)28)5-12(32-14)7-2-3-11(9(20)4-7)31-17(27)19(29)8(6-23)13(24)15(19)25/h2-5,8,13,15,17,23-25,27,29H,6H2,1H3,(H3,21,22,28). The summed E-state index contributed by atoms with van der Waals surface area (Å²) in [6, 6.07) is 5.00. The zero-order valence-electron chi connectivity index (χ0n) is 16.6. The Balaban J connectivity index is 1.85. The van der Waals surface area contributed by atoms with E-state index in [0.717, 1.165) is 11.3 Å². The Hall–Kier alpha value is -2.45. The molecule has 1 heterocycles. The number of esters is 1. The Labute approximate surface area is 190 Å². The normalized spacial score (nSPS) is 25.5. The molecule has 0 bridgehead atoms. The number of urea groups is 1. The number of rotatable bonds is 7. The van der Waals surface area contributed by atoms with Gasteiger partial charge < -0.3 is 46.1 Å². The predicted molar refractivity (Wildman–Crippen MR) is 113 cm³/mol. The Morgan fingerprint density at radius 3 is 2.59 bits per heavy atom. The summed E-state index contributed by atoms with van der Waals surface area (Å²) in [6.07, 6.45) is -5.15. The number of methoxy groups -OCH3 is 1. The molecule has 8 N–H and O–H groups in total. The lowest BCUT2D eigenvalue weighted by Gasteiger charge is -2.53. The fourth-order valence-corrected chi connectivity index (χ4v) is 4.67. The highest BCUT2D eigenvalue weighted by atomic mass is 35.5. The lowest BCUT2D eigenvalue weighted by molar-refractivity contribution is -0.332. The van der Waals surface area contributed by atoms with Crippen molar-refractivity contribution in [2.45, 2.75) is 24.1 Å². The monoisotopic (exact) mass is 488 g/mol. The van der Waals surface area contributed by atoms with Crippen LogP contribution >= 0.6 is 22.9 Å². The average Bonchev–Trinajstić information content (AvgIpc) is 3.17. The third-order valence-electron chi connectivity index (χ3n) is 5.21. The number of anilines is 1. The molecular formula is C19H21ClN2O9S. The van der Waals surface area contributed by atoms with Gasteiger partial charge in [0.25, 0.3) is 0 Å². The summed E-state index contributed by atoms with van der Waals surface area (Å²) in [7, 11) is 1.19. The molecule has 0 radical (unpaired) electrons. The number of nitrogens with one attached hydrogen (secondary N) is 1. The minimum Gasteiger partial charge on any atom is -0.465 e. The van der Waals surface area contributed by atoms with Crippen molar-refractivity contribution in [2.24, 2.45) is 11.7 Å². The first-order chi connectivity index (χ1) is 15.0. The van der Waals surface area contributed by atoms with E-state index in [-0.39, 0.29) is 21.3 Å². The lowest BCUT2D eigenvalue weighted by Crippen LogP contribution is -2.76. The summed E-state index contributed by atoms with van der Waals surface area (Å²) in [5.41, 5.74) is 3.52. The first-order valence-corrected chi connectivity index (χ1v) is 10.4. The number of hydrogen-bond donors (Lipinski definition) is 7. The van der Waals surface area contributed by atoms with E-state index in [9.17, 15) is 35.1 Å². The summed E-state index contributed by atoms with van der Waals surface area (Å²) in [5, 5.41) is 51.9. The van der Waals surface area contributed by atoms with Gasteiger partial charge in [-0.15, -0.1) is 11.3 Å². The number of hydrogen-bond acceptors (Lipinski definition) is 10. The van der Waals surface area contributed by atoms with Crippen molar-refractivity contribution in [3.63, 3.8) is 0 Å². The molecule has 174 valence electrons. The maximum absolute atomic E-state index is 12.0. The van der Waals surface area contributed by atoms with Crippen molar-refractivity contribution in [1.82, 2.24) is 0 Å². The van der Waals surface area contributed by atoms with E-state index in [1.54, 1.807) is 0 Å². The van der Waals surface area contributed by atoms with Crippen molar-refractivity contribution in [3.8, 4) is 16.2 Å². The molecule has 0 spiro atoms. The summed E-state index contributed by atoms with van der Waals surface area (Å²) >= 11 is 7.25. The number of halogens is 1. The first kappa shape index (κ1) is 24.2. The number of amides is 2. The number of aliphatic hydroxyl groups excluding tert-OH is 4. The smallest absolute Gasteiger partial charge is 0.350 e. The summed E-state index contributed by atoms with van der Waals surface area (Å²) in [6.45, 7) is -0.690. The molecule has 0 saturated heterocycles. The van der Waals surface area contributed by atoms with E-state index in [4.69, 9.17) is 26.8 Å². The molecule has 1 fully saturated rings. The van der Waals surface area contributed by atoms with Gasteiger partial charge in [0.2, 0.25) is 6.29 Å². The van der Waals surface area contributed by atoms with Crippen molar-refractivity contribution < 1.29 is 44.6 Å². The van der Waals surface area contributed by atoms with Crippen LogP contribution in [0.3, 0.4) is 0 Å². The van der Waals surface area contributed by atoms with Crippen LogP contribution in [0.5, 0.6) is 5.75 Å². The minimum absolute atomic E-state index is 0.0116. The van der Waals surface area contributed by atoms with Crippen LogP contribution < -0.4 is 15.8 Å². The number of benzene rings is 1. The third-order valence-corrected chi connectivity index (χ3v) is 6.67. The van der Waals surface area contributed by atoms with Crippen LogP contribution in [0.2, 0.25) is 5.02 Å². The average molecular weight is 489 g/mol. The SMILES string of the molecule is COC(=O)c1sc(-c2ccc(OC(O)C3(O)C(O)C(O)C3CO)c(Cl)c2)cc1NC(N)=O. The third kappa shape index (κ3) is 4.13. The highest BCUT2D eigenvalue weighted by Crippen LogP contribution is 2.43. The molecule has 1 aromatic heterocycles. The number of nitrogens with two attached hydrogens (primary N) is 1. The Morgan fingerprint density at radius 2 is 2.03 bits per heavy atom. The molecule has 2 aromatic rings. The highest BCUT2D eigenvalue weighted by molar-refractivity contribution is 7.18. The number of primary amides is 1. The zero-order chi connectivity index (χ0) is 23.8. The molecular weight excluding hydrogens is 468 g/mol. The van der Waals surface area contributed by atoms with Gasteiger partial charge in [-0.25, -0.2) is 9.59 Å². The van der Waals surface area contributed by atoms with Gasteiger partial charge in [-0.05, 0) is 29.8 Å². The van der Waals surface area contributed by atoms with Crippen LogP contribution in [0.25, 0.3) is 10.4 Å². The molecule has 13 heteroatoms. The van der Waals surface area contributed by atoms with E-state index >= 15 is 0 Å². The van der Waals surface area contributed by atoms with Gasteiger partial charge in [0, 0.05) is 10.8 Å². The summed E-state index contributed by atoms with van der Waals surface area (Å²) in [5.74, 6) is -1.95. The number of ether oxygens (including phenoxy) is 2. The zero-order valence-corrected chi connectivity index (χ0v) is 18.1. The van der Waals surface area contributed by atoms with Gasteiger partial charge in [0.05, 0.1) is 30.5 Å². The van der Waals surface area contributed by atoms with Crippen LogP contribution in [-0.2, 0) is 4.74 Å². The second-order valence-electron chi connectivity index (χ2n) is 7.06. The first-order valence-electron chi connectivity index (χ1n) is 9.17. The Bertz CT molecular complexity index is 1030. The van der Waals surface area contributed by atoms with Gasteiger partial charge in [0.1, 0.15) is 16.7 Å². The molecule has 3 rings (SSSR count). The fraction of sp³-hybridized carbons (Fsp3) is 0.368. The van der Waals surface area contributed by atoms with Gasteiger partial charge in [0.15, 0.2) is 5.60 Å². The van der Waals surface area contributed by atoms with Gasteiger partial charge >= 0.3 is 12.0 Å². The van der Waals surface area contributed by atoms with Crippen LogP contribution in [0.15, 0.2) is 24.3 Å². The van der Waals surface area contributed by atoms with E-state index < -0.39 is 48.6 Å². The molecule has 1 aliphatic carbocycles. The van der Waals surface area contributed by atoms with Crippen molar-refractivity contribution >= 4 is 40.6 Å². The molecule has 5 unspecified atom stereocenters. The molecule has 0 aliphatic heterocycles. The molecule has 2 amide bonds. The Morgan fingerprint density at radius 1 is 1.34 bits per heavy atom. The largest absolute Gasteiger partial charge is 0.465 e. The van der Waals surface area contributed by atoms with Crippen LogP contribution in [0.1, 0.15) is 9.67 Å². The molecule has 11 nitrogen and oxygen atoms in total. The quantitative estimate of drug-likeness (QED) is 0.209. The molecule has 1 aliphatic rings. The summed E-state index contributed by atoms with van der Waals surface area (Å²) < 4.78 is 9.98. The number of carbonyl (C=O) groups is 2. The number of carbonyl (C=O) groups excluding carboxylic acids is 2. The molecule has 1 aromatic carbocycles. The van der Waals surface area contributed by atoms with Crippen molar-refractivity contribution in [2.75, 3.05) is 19.0 Å². The molecule has 5 atom stereocenters. The lowest BCUT2D eigenvalue weighted by atomic mass is 9.64. The minimum atomic E-state index is -2.30. The maximum atomic E-state index is 12.0. The second kappa shape index (κ2) is 9.19. The summed E-state index contributed by atoms with van der Waals surface area (Å²) in [4.78, 5) is 23.8. The van der Waals surface area contributed by atoms with Crippen molar-refractivity contribution in [3.05, 3.63) is 34.2 Å². The fourth-order valence-electron chi connectivity index (χ4n) is 3.42. The van der Waals surface area contributed by atoms with E-state index in [1.807, 2.05) is 0 Å². The van der Waals surface area contributed by atoms with Crippen LogP contribution in [0, 0.1) is 5.92 Å². The van der Waals surface area contributed by atoms with Crippen molar-refractivity contribution in [1.29, 1.82) is 0 Å². The van der Waals surface area contributed by atoms with Gasteiger partial charge in [-0.1, -0.05) is 11.6 Å². The molecule has 1 saturated carbocycles. The second-order valence-corrected chi connectivity index (χ2v) is 8.52. The number of thiophene rings is 1. The highest BCUT2D eigenvalue weighted by Gasteiger charge is 2.65. The number of aliphatic hydroxyl groups is 5. The van der Waals surface area contributed by atoms with Gasteiger partial charge in [-0.2, -0.15) is 0 Å². The van der Waals surface area contributed by atoms with E-state index in [0.29, 0.717) is 10.4 Å². The Kier molecular flexibility index (Phi) is 6.95. The molecule has 32 heavy (non-hydrogen) atoms. The van der Waals surface area contributed by atoms with E-state index in [2.05, 4.69) is 5.32 Å². The van der Waals surface area contributed by atoms with E-state index in [1.165, 1.54) is 31.4 Å². The van der Waals surface area contributed by atoms with Crippen LogP contribution in [0.4, 0.5) is 10.5 Å².